The maximum absolute atomic E-state index is 10.4. The molecule has 11 heavy (non-hydrogen) atoms. The number of rotatable bonds is 2. The van der Waals surface area contributed by atoms with E-state index in [1.807, 2.05) is 18.7 Å². The second-order valence-electron chi connectivity index (χ2n) is 3.34. The molecule has 1 heterocycles. The summed E-state index contributed by atoms with van der Waals surface area (Å²) in [6.45, 7) is 4.45. The standard InChI is InChI=1S/C7H13NO3/c1-5(2)8-3-7(11,4-8)6(9)10/h5,11H,3-4H2,1-2H3,(H,9,10). The van der Waals surface area contributed by atoms with Crippen molar-refractivity contribution in [2.24, 2.45) is 0 Å². The van der Waals surface area contributed by atoms with E-state index in [1.54, 1.807) is 0 Å². The monoisotopic (exact) mass is 159 g/mol. The highest BCUT2D eigenvalue weighted by Crippen LogP contribution is 2.22. The minimum absolute atomic E-state index is 0.250. The summed E-state index contributed by atoms with van der Waals surface area (Å²) in [6, 6.07) is 0.314. The predicted octanol–water partition coefficient (Wildman–Crippen LogP) is -0.474. The van der Waals surface area contributed by atoms with Gasteiger partial charge in [-0.05, 0) is 13.8 Å². The average Bonchev–Trinajstić information content (AvgIpc) is 1.79. The number of carboxylic acid groups (broad SMARTS) is 1. The van der Waals surface area contributed by atoms with Gasteiger partial charge in [0, 0.05) is 19.1 Å². The Bertz CT molecular complexity index is 173. The van der Waals surface area contributed by atoms with E-state index in [-0.39, 0.29) is 13.1 Å². The van der Waals surface area contributed by atoms with Gasteiger partial charge in [-0.2, -0.15) is 0 Å². The zero-order chi connectivity index (χ0) is 8.65. The number of aliphatic hydroxyl groups is 1. The SMILES string of the molecule is CC(C)N1CC(O)(C(=O)O)C1. The minimum atomic E-state index is -1.48. The van der Waals surface area contributed by atoms with Crippen LogP contribution in [0.15, 0.2) is 0 Å². The van der Waals surface area contributed by atoms with Crippen LogP contribution >= 0.6 is 0 Å². The first-order valence-electron chi connectivity index (χ1n) is 3.65. The fourth-order valence-electron chi connectivity index (χ4n) is 1.13. The summed E-state index contributed by atoms with van der Waals surface area (Å²) < 4.78 is 0. The number of nitrogens with zero attached hydrogens (tertiary/aromatic N) is 1. The van der Waals surface area contributed by atoms with Gasteiger partial charge in [-0.3, -0.25) is 4.90 Å². The molecular weight excluding hydrogens is 146 g/mol. The van der Waals surface area contributed by atoms with Gasteiger partial charge in [0.2, 0.25) is 0 Å². The zero-order valence-corrected chi connectivity index (χ0v) is 6.74. The molecule has 0 unspecified atom stereocenters. The summed E-state index contributed by atoms with van der Waals surface area (Å²) in [7, 11) is 0. The van der Waals surface area contributed by atoms with Crippen LogP contribution in [0.3, 0.4) is 0 Å². The van der Waals surface area contributed by atoms with Gasteiger partial charge in [-0.15, -0.1) is 0 Å². The Labute approximate surface area is 65.4 Å². The fraction of sp³-hybridized carbons (Fsp3) is 0.857. The molecule has 0 atom stereocenters. The normalized spacial score (nSPS) is 23.3. The lowest BCUT2D eigenvalue weighted by Crippen LogP contribution is -2.67. The molecule has 0 aliphatic carbocycles. The third-order valence-corrected chi connectivity index (χ3v) is 2.06. The van der Waals surface area contributed by atoms with E-state index >= 15 is 0 Å². The van der Waals surface area contributed by atoms with Gasteiger partial charge in [-0.1, -0.05) is 0 Å². The smallest absolute Gasteiger partial charge is 0.338 e. The Morgan fingerprint density at radius 1 is 1.55 bits per heavy atom. The van der Waals surface area contributed by atoms with Gasteiger partial charge in [0.15, 0.2) is 5.60 Å². The summed E-state index contributed by atoms with van der Waals surface area (Å²) in [6.07, 6.45) is 0. The molecule has 4 nitrogen and oxygen atoms in total. The third kappa shape index (κ3) is 1.36. The van der Waals surface area contributed by atoms with Crippen LogP contribution in [0.1, 0.15) is 13.8 Å². The Morgan fingerprint density at radius 2 is 2.00 bits per heavy atom. The number of hydrogen-bond donors (Lipinski definition) is 2. The van der Waals surface area contributed by atoms with Gasteiger partial charge in [0.1, 0.15) is 0 Å². The van der Waals surface area contributed by atoms with Crippen LogP contribution in [0.25, 0.3) is 0 Å². The number of likely N-dealkylation sites (tertiary alicyclic amines) is 1. The van der Waals surface area contributed by atoms with Crippen molar-refractivity contribution in [3.63, 3.8) is 0 Å². The second-order valence-corrected chi connectivity index (χ2v) is 3.34. The van der Waals surface area contributed by atoms with E-state index in [0.717, 1.165) is 0 Å². The number of hydrogen-bond acceptors (Lipinski definition) is 3. The second kappa shape index (κ2) is 2.46. The first-order chi connectivity index (χ1) is 4.96. The van der Waals surface area contributed by atoms with Crippen LogP contribution in [0.2, 0.25) is 0 Å². The Morgan fingerprint density at radius 3 is 2.27 bits per heavy atom. The molecule has 2 N–H and O–H groups in total. The molecule has 0 saturated carbocycles. The van der Waals surface area contributed by atoms with Crippen molar-refractivity contribution >= 4 is 5.97 Å². The molecule has 0 radical (unpaired) electrons. The van der Waals surface area contributed by atoms with Crippen molar-refractivity contribution in [1.82, 2.24) is 4.90 Å². The Balaban J connectivity index is 2.44. The highest BCUT2D eigenvalue weighted by Gasteiger charge is 2.48. The largest absolute Gasteiger partial charge is 0.479 e. The van der Waals surface area contributed by atoms with E-state index in [2.05, 4.69) is 0 Å². The minimum Gasteiger partial charge on any atom is -0.479 e. The summed E-state index contributed by atoms with van der Waals surface area (Å²) in [4.78, 5) is 12.3. The Hall–Kier alpha value is -0.610. The molecule has 0 bridgehead atoms. The molecule has 1 aliphatic heterocycles. The van der Waals surface area contributed by atoms with Crippen molar-refractivity contribution in [2.45, 2.75) is 25.5 Å². The topological polar surface area (TPSA) is 60.8 Å². The Kier molecular flexibility index (Phi) is 1.90. The first-order valence-corrected chi connectivity index (χ1v) is 3.65. The van der Waals surface area contributed by atoms with Crippen LogP contribution in [0.4, 0.5) is 0 Å². The van der Waals surface area contributed by atoms with Crippen LogP contribution in [-0.2, 0) is 4.79 Å². The van der Waals surface area contributed by atoms with E-state index in [9.17, 15) is 9.90 Å². The van der Waals surface area contributed by atoms with Gasteiger partial charge in [-0.25, -0.2) is 4.79 Å². The lowest BCUT2D eigenvalue weighted by atomic mass is 9.93. The molecule has 1 fully saturated rings. The molecule has 0 aromatic rings. The highest BCUT2D eigenvalue weighted by atomic mass is 16.4. The molecule has 64 valence electrons. The van der Waals surface area contributed by atoms with Crippen LogP contribution < -0.4 is 0 Å². The first kappa shape index (κ1) is 8.49. The van der Waals surface area contributed by atoms with Gasteiger partial charge >= 0.3 is 5.97 Å². The van der Waals surface area contributed by atoms with E-state index in [0.29, 0.717) is 6.04 Å². The van der Waals surface area contributed by atoms with Crippen molar-refractivity contribution in [3.8, 4) is 0 Å². The van der Waals surface area contributed by atoms with Crippen molar-refractivity contribution in [2.75, 3.05) is 13.1 Å². The van der Waals surface area contributed by atoms with Crippen molar-refractivity contribution in [3.05, 3.63) is 0 Å². The van der Waals surface area contributed by atoms with Crippen LogP contribution in [0.5, 0.6) is 0 Å². The number of β-amino-alcohol motifs (C(OH)–C–C–N with tert-alkyl or cyclic N) is 1. The van der Waals surface area contributed by atoms with Crippen LogP contribution in [-0.4, -0.2) is 45.8 Å². The summed E-state index contributed by atoms with van der Waals surface area (Å²) in [5.41, 5.74) is -1.48. The van der Waals surface area contributed by atoms with Crippen LogP contribution in [0, 0.1) is 0 Å². The molecule has 1 saturated heterocycles. The average molecular weight is 159 g/mol. The number of aliphatic carboxylic acids is 1. The molecular formula is C7H13NO3. The van der Waals surface area contributed by atoms with Gasteiger partial charge in [0.25, 0.3) is 0 Å². The molecule has 0 aromatic heterocycles. The molecule has 1 rings (SSSR count). The van der Waals surface area contributed by atoms with Gasteiger partial charge in [0.05, 0.1) is 0 Å². The maximum atomic E-state index is 10.4. The molecule has 0 spiro atoms. The quantitative estimate of drug-likeness (QED) is 0.571. The van der Waals surface area contributed by atoms with Crippen molar-refractivity contribution < 1.29 is 15.0 Å². The summed E-state index contributed by atoms with van der Waals surface area (Å²) >= 11 is 0. The summed E-state index contributed by atoms with van der Waals surface area (Å²) in [5, 5.41) is 17.8. The molecule has 0 amide bonds. The molecule has 0 aromatic carbocycles. The third-order valence-electron chi connectivity index (χ3n) is 2.06. The lowest BCUT2D eigenvalue weighted by Gasteiger charge is -2.45. The molecule has 4 heteroatoms. The predicted molar refractivity (Wildman–Crippen MR) is 39.3 cm³/mol. The molecule has 1 aliphatic rings. The van der Waals surface area contributed by atoms with E-state index in [1.165, 1.54) is 0 Å². The zero-order valence-electron chi connectivity index (χ0n) is 6.74. The van der Waals surface area contributed by atoms with E-state index < -0.39 is 11.6 Å². The number of carbonyl (C=O) groups is 1. The van der Waals surface area contributed by atoms with Gasteiger partial charge < -0.3 is 10.2 Å². The fourth-order valence-corrected chi connectivity index (χ4v) is 1.13. The van der Waals surface area contributed by atoms with E-state index in [4.69, 9.17) is 5.11 Å². The highest BCUT2D eigenvalue weighted by molar-refractivity contribution is 5.79. The maximum Gasteiger partial charge on any atom is 0.338 e. The lowest BCUT2D eigenvalue weighted by molar-refractivity contribution is -0.180. The van der Waals surface area contributed by atoms with Crippen molar-refractivity contribution in [1.29, 1.82) is 0 Å². The number of carboxylic acids is 1. The summed E-state index contributed by atoms with van der Waals surface area (Å²) in [5.74, 6) is -1.12.